The van der Waals surface area contributed by atoms with Crippen LogP contribution in [-0.4, -0.2) is 35.7 Å². The predicted molar refractivity (Wildman–Crippen MR) is 110 cm³/mol. The molecular formula is C18H27IN4O2. The second-order valence-corrected chi connectivity index (χ2v) is 5.52. The molecule has 0 aliphatic rings. The normalized spacial score (nSPS) is 12.3. The van der Waals surface area contributed by atoms with E-state index in [-0.39, 0.29) is 24.0 Å². The van der Waals surface area contributed by atoms with Gasteiger partial charge in [0.25, 0.3) is 0 Å². The number of nitrogens with zero attached hydrogens (tertiary/aromatic N) is 2. The molecule has 6 nitrogen and oxygen atoms in total. The van der Waals surface area contributed by atoms with Gasteiger partial charge in [-0.15, -0.1) is 24.0 Å². The van der Waals surface area contributed by atoms with Crippen LogP contribution in [0.5, 0.6) is 0 Å². The van der Waals surface area contributed by atoms with Gasteiger partial charge in [0.05, 0.1) is 18.9 Å². The van der Waals surface area contributed by atoms with Crippen molar-refractivity contribution >= 4 is 29.9 Å². The van der Waals surface area contributed by atoms with Crippen molar-refractivity contribution in [2.24, 2.45) is 4.99 Å². The molecule has 0 aliphatic heterocycles. The molecule has 0 radical (unpaired) electrons. The van der Waals surface area contributed by atoms with Gasteiger partial charge in [-0.1, -0.05) is 13.3 Å². The molecule has 1 atom stereocenters. The maximum Gasteiger partial charge on any atom is 0.191 e. The molecule has 25 heavy (non-hydrogen) atoms. The number of hydrogen-bond donors (Lipinski definition) is 3. The molecule has 0 saturated carbocycles. The van der Waals surface area contributed by atoms with Crippen molar-refractivity contribution in [1.29, 1.82) is 0 Å². The number of hydrogen-bond acceptors (Lipinski definition) is 4. The first kappa shape index (κ1) is 21.4. The first-order valence-electron chi connectivity index (χ1n) is 8.42. The van der Waals surface area contributed by atoms with Crippen molar-refractivity contribution in [3.63, 3.8) is 0 Å². The maximum atomic E-state index is 10.2. The maximum absolute atomic E-state index is 10.2. The Labute approximate surface area is 166 Å². The van der Waals surface area contributed by atoms with Gasteiger partial charge in [0.1, 0.15) is 5.76 Å². The highest BCUT2D eigenvalue weighted by Crippen LogP contribution is 2.10. The third-order valence-corrected chi connectivity index (χ3v) is 3.58. The van der Waals surface area contributed by atoms with Crippen molar-refractivity contribution in [2.45, 2.75) is 32.3 Å². The minimum Gasteiger partial charge on any atom is -0.469 e. The Bertz CT molecular complexity index is 590. The number of furan rings is 1. The molecule has 0 bridgehead atoms. The molecule has 0 amide bonds. The van der Waals surface area contributed by atoms with Crippen molar-refractivity contribution in [1.82, 2.24) is 15.6 Å². The summed E-state index contributed by atoms with van der Waals surface area (Å²) in [4.78, 5) is 8.44. The lowest BCUT2D eigenvalue weighted by Crippen LogP contribution is -2.39. The molecule has 138 valence electrons. The topological polar surface area (TPSA) is 82.7 Å². The Morgan fingerprint density at radius 3 is 2.68 bits per heavy atom. The van der Waals surface area contributed by atoms with Crippen LogP contribution in [0.1, 0.15) is 37.2 Å². The third-order valence-electron chi connectivity index (χ3n) is 3.58. The van der Waals surface area contributed by atoms with E-state index in [2.05, 4.69) is 27.5 Å². The van der Waals surface area contributed by atoms with E-state index >= 15 is 0 Å². The van der Waals surface area contributed by atoms with Gasteiger partial charge in [-0.2, -0.15) is 0 Å². The summed E-state index contributed by atoms with van der Waals surface area (Å²) < 4.78 is 5.32. The minimum absolute atomic E-state index is 0. The molecule has 7 heteroatoms. The molecule has 2 rings (SSSR count). The van der Waals surface area contributed by atoms with Gasteiger partial charge in [-0.25, -0.2) is 0 Å². The van der Waals surface area contributed by atoms with Gasteiger partial charge in [0.15, 0.2) is 5.96 Å². The molecule has 0 aliphatic carbocycles. The summed E-state index contributed by atoms with van der Waals surface area (Å²) >= 11 is 0. The van der Waals surface area contributed by atoms with Gasteiger partial charge in [0, 0.05) is 31.9 Å². The van der Waals surface area contributed by atoms with Crippen LogP contribution in [0.4, 0.5) is 0 Å². The molecule has 0 saturated heterocycles. The number of unbranched alkanes of at least 4 members (excludes halogenated alkanes) is 1. The summed E-state index contributed by atoms with van der Waals surface area (Å²) in [5.74, 6) is 1.65. The minimum atomic E-state index is -0.636. The lowest BCUT2D eigenvalue weighted by atomic mass is 10.1. The highest BCUT2D eigenvalue weighted by molar-refractivity contribution is 14.0. The number of nitrogens with one attached hydrogen (secondary N) is 2. The average Bonchev–Trinajstić information content (AvgIpc) is 3.13. The van der Waals surface area contributed by atoms with E-state index in [0.717, 1.165) is 43.7 Å². The number of aliphatic hydroxyl groups is 1. The first-order chi connectivity index (χ1) is 11.8. The Morgan fingerprint density at radius 2 is 2.00 bits per heavy atom. The summed E-state index contributed by atoms with van der Waals surface area (Å²) in [7, 11) is 0. The fourth-order valence-corrected chi connectivity index (χ4v) is 2.19. The summed E-state index contributed by atoms with van der Waals surface area (Å²) in [6.07, 6.45) is 7.36. The Hall–Kier alpha value is -1.61. The predicted octanol–water partition coefficient (Wildman–Crippen LogP) is 2.90. The molecule has 0 spiro atoms. The van der Waals surface area contributed by atoms with Crippen LogP contribution < -0.4 is 10.6 Å². The van der Waals surface area contributed by atoms with E-state index in [9.17, 15) is 5.11 Å². The number of pyridine rings is 1. The van der Waals surface area contributed by atoms with Crippen LogP contribution in [0.2, 0.25) is 0 Å². The van der Waals surface area contributed by atoms with Gasteiger partial charge in [-0.05, 0) is 36.2 Å². The van der Waals surface area contributed by atoms with Gasteiger partial charge < -0.3 is 20.2 Å². The SMILES string of the molecule is CCCCNC(=NCC(O)c1ccncc1)NCCc1ccco1.I. The lowest BCUT2D eigenvalue weighted by molar-refractivity contribution is 0.187. The lowest BCUT2D eigenvalue weighted by Gasteiger charge is -2.14. The number of aliphatic imine (C=N–C) groups is 1. The number of aliphatic hydroxyl groups excluding tert-OH is 1. The van der Waals surface area contributed by atoms with E-state index in [4.69, 9.17) is 4.42 Å². The van der Waals surface area contributed by atoms with Crippen LogP contribution in [0.3, 0.4) is 0 Å². The fourth-order valence-electron chi connectivity index (χ4n) is 2.19. The van der Waals surface area contributed by atoms with Crippen LogP contribution in [0.15, 0.2) is 52.3 Å². The van der Waals surface area contributed by atoms with E-state index in [1.54, 1.807) is 30.8 Å². The van der Waals surface area contributed by atoms with Crippen LogP contribution in [-0.2, 0) is 6.42 Å². The highest BCUT2D eigenvalue weighted by Gasteiger charge is 2.07. The molecule has 1 unspecified atom stereocenters. The number of guanidine groups is 1. The smallest absolute Gasteiger partial charge is 0.191 e. The zero-order chi connectivity index (χ0) is 17.0. The first-order valence-corrected chi connectivity index (χ1v) is 8.42. The second-order valence-electron chi connectivity index (χ2n) is 5.52. The Morgan fingerprint density at radius 1 is 1.24 bits per heavy atom. The standard InChI is InChI=1S/C18H26N4O2.HI/c1-2-3-9-20-18(21-12-8-16-5-4-13-24-16)22-14-17(23)15-6-10-19-11-7-15;/h4-7,10-11,13,17,23H,2-3,8-9,12,14H2,1H3,(H2,20,21,22);1H. The fraction of sp³-hybridized carbons (Fsp3) is 0.444. The van der Waals surface area contributed by atoms with Crippen LogP contribution in [0.25, 0.3) is 0 Å². The summed E-state index contributed by atoms with van der Waals surface area (Å²) in [5, 5.41) is 16.8. The third kappa shape index (κ3) is 8.35. The van der Waals surface area contributed by atoms with Crippen LogP contribution in [0, 0.1) is 0 Å². The molecule has 2 aromatic heterocycles. The van der Waals surface area contributed by atoms with Crippen LogP contribution >= 0.6 is 24.0 Å². The summed E-state index contributed by atoms with van der Waals surface area (Å²) in [6.45, 7) is 4.02. The molecule has 2 heterocycles. The van der Waals surface area contributed by atoms with E-state index in [1.807, 2.05) is 12.1 Å². The monoisotopic (exact) mass is 458 g/mol. The Balaban J connectivity index is 0.00000312. The number of halogens is 1. The zero-order valence-corrected chi connectivity index (χ0v) is 16.8. The van der Waals surface area contributed by atoms with Gasteiger partial charge >= 0.3 is 0 Å². The van der Waals surface area contributed by atoms with Gasteiger partial charge in [-0.3, -0.25) is 9.98 Å². The largest absolute Gasteiger partial charge is 0.469 e. The van der Waals surface area contributed by atoms with Crippen molar-refractivity contribution in [3.8, 4) is 0 Å². The van der Waals surface area contributed by atoms with Gasteiger partial charge in [0.2, 0.25) is 0 Å². The zero-order valence-electron chi connectivity index (χ0n) is 14.5. The average molecular weight is 458 g/mol. The molecule has 2 aromatic rings. The van der Waals surface area contributed by atoms with Crippen molar-refractivity contribution in [2.75, 3.05) is 19.6 Å². The second kappa shape index (κ2) is 12.7. The van der Waals surface area contributed by atoms with E-state index < -0.39 is 6.10 Å². The quantitative estimate of drug-likeness (QED) is 0.233. The van der Waals surface area contributed by atoms with E-state index in [0.29, 0.717) is 12.5 Å². The molecule has 3 N–H and O–H groups in total. The number of aromatic nitrogens is 1. The van der Waals surface area contributed by atoms with Crippen molar-refractivity contribution < 1.29 is 9.52 Å². The Kier molecular flexibility index (Phi) is 10.9. The number of rotatable bonds is 9. The highest BCUT2D eigenvalue weighted by atomic mass is 127. The molecule has 0 aromatic carbocycles. The molecular weight excluding hydrogens is 431 g/mol. The van der Waals surface area contributed by atoms with Crippen molar-refractivity contribution in [3.05, 3.63) is 54.2 Å². The molecule has 0 fully saturated rings. The van der Waals surface area contributed by atoms with E-state index in [1.165, 1.54) is 0 Å². The summed E-state index contributed by atoms with van der Waals surface area (Å²) in [5.41, 5.74) is 0.817. The summed E-state index contributed by atoms with van der Waals surface area (Å²) in [6, 6.07) is 7.44.